The third-order valence-electron chi connectivity index (χ3n) is 2.80. The van der Waals surface area contributed by atoms with Crippen molar-refractivity contribution in [3.63, 3.8) is 0 Å². The van der Waals surface area contributed by atoms with Gasteiger partial charge in [-0.3, -0.25) is 4.99 Å². The average Bonchev–Trinajstić information content (AvgIpc) is 2.04. The molecule has 1 unspecified atom stereocenters. The number of rotatable bonds is 2. The minimum Gasteiger partial charge on any atom is -0.266 e. The van der Waals surface area contributed by atoms with E-state index in [1.165, 1.54) is 25.0 Å². The Kier molecular flexibility index (Phi) is 3.71. The summed E-state index contributed by atoms with van der Waals surface area (Å²) in [5.74, 6) is 1.49. The van der Waals surface area contributed by atoms with Gasteiger partial charge in [0.15, 0.2) is 0 Å². The van der Waals surface area contributed by atoms with Crippen LogP contribution in [0.4, 0.5) is 0 Å². The maximum atomic E-state index is 4.49. The third kappa shape index (κ3) is 2.68. The van der Waals surface area contributed by atoms with Crippen LogP contribution in [0.1, 0.15) is 47.0 Å². The summed E-state index contributed by atoms with van der Waals surface area (Å²) in [6, 6.07) is 0. The molecule has 0 heterocycles. The van der Waals surface area contributed by atoms with Gasteiger partial charge in [-0.05, 0) is 43.6 Å². The highest BCUT2D eigenvalue weighted by Crippen LogP contribution is 2.33. The number of nitrogens with zero attached hydrogens (tertiary/aromatic N) is 1. The molecule has 0 fully saturated rings. The van der Waals surface area contributed by atoms with E-state index in [1.54, 1.807) is 5.57 Å². The van der Waals surface area contributed by atoms with E-state index < -0.39 is 0 Å². The van der Waals surface area contributed by atoms with Crippen LogP contribution in [-0.4, -0.2) is 6.21 Å². The van der Waals surface area contributed by atoms with E-state index in [9.17, 15) is 0 Å². The molecule has 1 aliphatic rings. The lowest BCUT2D eigenvalue weighted by molar-refractivity contribution is 0.469. The predicted octanol–water partition coefficient (Wildman–Crippen LogP) is 3.81. The quantitative estimate of drug-likeness (QED) is 0.572. The molecule has 0 saturated carbocycles. The highest BCUT2D eigenvalue weighted by Gasteiger charge is 2.18. The molecule has 0 saturated heterocycles. The molecular formula is C12H21N. The van der Waals surface area contributed by atoms with Crippen LogP contribution in [0.15, 0.2) is 16.3 Å². The minimum atomic E-state index is 0.672. The molecule has 1 atom stereocenters. The normalized spacial score (nSPS) is 24.8. The van der Waals surface area contributed by atoms with Gasteiger partial charge in [0.25, 0.3) is 0 Å². The molecule has 1 aliphatic carbocycles. The molecule has 0 aromatic heterocycles. The summed E-state index contributed by atoms with van der Waals surface area (Å²) in [6.45, 7) is 8.87. The molecule has 0 N–H and O–H groups in total. The van der Waals surface area contributed by atoms with Gasteiger partial charge in [-0.1, -0.05) is 20.8 Å². The second kappa shape index (κ2) is 4.59. The summed E-state index contributed by atoms with van der Waals surface area (Å²) in [4.78, 5) is 4.49. The van der Waals surface area contributed by atoms with E-state index in [-0.39, 0.29) is 0 Å². The van der Waals surface area contributed by atoms with Crippen molar-refractivity contribution in [2.75, 3.05) is 0 Å². The Hall–Kier alpha value is -0.590. The first-order valence-electron chi connectivity index (χ1n) is 5.35. The van der Waals surface area contributed by atoms with Crippen LogP contribution >= 0.6 is 0 Å². The van der Waals surface area contributed by atoms with Gasteiger partial charge in [0, 0.05) is 11.9 Å². The zero-order valence-corrected chi connectivity index (χ0v) is 9.30. The molecule has 0 amide bonds. The lowest BCUT2D eigenvalue weighted by Gasteiger charge is -2.24. The molecule has 0 aromatic carbocycles. The lowest BCUT2D eigenvalue weighted by Crippen LogP contribution is -2.10. The standard InChI is InChI=1S/C12H21N/c1-5-13-12-8-10(4)6-7-11(12)9(2)3/h5,9-10H,6-8H2,1-4H3. The van der Waals surface area contributed by atoms with Gasteiger partial charge in [0.05, 0.1) is 0 Å². The monoisotopic (exact) mass is 179 g/mol. The molecule has 74 valence electrons. The van der Waals surface area contributed by atoms with Crippen molar-refractivity contribution in [3.8, 4) is 0 Å². The van der Waals surface area contributed by atoms with Crippen LogP contribution in [0.3, 0.4) is 0 Å². The molecular weight excluding hydrogens is 158 g/mol. The van der Waals surface area contributed by atoms with E-state index >= 15 is 0 Å². The molecule has 0 aliphatic heterocycles. The molecule has 1 rings (SSSR count). The van der Waals surface area contributed by atoms with Crippen LogP contribution in [0, 0.1) is 11.8 Å². The summed E-state index contributed by atoms with van der Waals surface area (Å²) >= 11 is 0. The summed E-state index contributed by atoms with van der Waals surface area (Å²) < 4.78 is 0. The van der Waals surface area contributed by atoms with Crippen molar-refractivity contribution >= 4 is 6.21 Å². The van der Waals surface area contributed by atoms with Crippen LogP contribution in [-0.2, 0) is 0 Å². The van der Waals surface area contributed by atoms with Crippen LogP contribution in [0.5, 0.6) is 0 Å². The average molecular weight is 179 g/mol. The Morgan fingerprint density at radius 3 is 2.69 bits per heavy atom. The summed E-state index contributed by atoms with van der Waals surface area (Å²) in [5.41, 5.74) is 2.94. The van der Waals surface area contributed by atoms with E-state index in [2.05, 4.69) is 25.8 Å². The van der Waals surface area contributed by atoms with E-state index in [4.69, 9.17) is 0 Å². The summed E-state index contributed by atoms with van der Waals surface area (Å²) in [6.07, 6.45) is 5.70. The van der Waals surface area contributed by atoms with Crippen LogP contribution in [0.25, 0.3) is 0 Å². The first-order chi connectivity index (χ1) is 6.15. The first-order valence-corrected chi connectivity index (χ1v) is 5.35. The van der Waals surface area contributed by atoms with Gasteiger partial charge in [0.2, 0.25) is 0 Å². The Morgan fingerprint density at radius 1 is 1.46 bits per heavy atom. The Balaban J connectivity index is 2.86. The zero-order chi connectivity index (χ0) is 9.84. The van der Waals surface area contributed by atoms with Gasteiger partial charge >= 0.3 is 0 Å². The largest absolute Gasteiger partial charge is 0.266 e. The second-order valence-corrected chi connectivity index (χ2v) is 4.36. The fourth-order valence-corrected chi connectivity index (χ4v) is 2.02. The van der Waals surface area contributed by atoms with Crippen molar-refractivity contribution in [1.29, 1.82) is 0 Å². The SMILES string of the molecule is CC=NC1=C(C(C)C)CCC(C)C1. The van der Waals surface area contributed by atoms with E-state index in [1.807, 2.05) is 13.1 Å². The predicted molar refractivity (Wildman–Crippen MR) is 59.0 cm³/mol. The Morgan fingerprint density at radius 2 is 2.15 bits per heavy atom. The highest BCUT2D eigenvalue weighted by atomic mass is 14.7. The molecule has 1 nitrogen and oxygen atoms in total. The lowest BCUT2D eigenvalue weighted by atomic mass is 9.84. The highest BCUT2D eigenvalue weighted by molar-refractivity contribution is 5.55. The Bertz CT molecular complexity index is 223. The van der Waals surface area contributed by atoms with Crippen molar-refractivity contribution in [2.45, 2.75) is 47.0 Å². The van der Waals surface area contributed by atoms with Gasteiger partial charge in [0.1, 0.15) is 0 Å². The summed E-state index contributed by atoms with van der Waals surface area (Å²) in [7, 11) is 0. The second-order valence-electron chi connectivity index (χ2n) is 4.36. The molecule has 0 aromatic rings. The number of hydrogen-bond donors (Lipinski definition) is 0. The first kappa shape index (κ1) is 10.5. The van der Waals surface area contributed by atoms with Crippen LogP contribution < -0.4 is 0 Å². The van der Waals surface area contributed by atoms with Gasteiger partial charge in [-0.15, -0.1) is 0 Å². The van der Waals surface area contributed by atoms with Gasteiger partial charge < -0.3 is 0 Å². The fraction of sp³-hybridized carbons (Fsp3) is 0.750. The maximum absolute atomic E-state index is 4.49. The molecule has 0 bridgehead atoms. The van der Waals surface area contributed by atoms with Crippen molar-refractivity contribution in [2.24, 2.45) is 16.8 Å². The van der Waals surface area contributed by atoms with E-state index in [0.29, 0.717) is 5.92 Å². The third-order valence-corrected chi connectivity index (χ3v) is 2.80. The molecule has 13 heavy (non-hydrogen) atoms. The molecule has 0 spiro atoms. The summed E-state index contributed by atoms with van der Waals surface area (Å²) in [5, 5.41) is 0. The zero-order valence-electron chi connectivity index (χ0n) is 9.30. The number of aliphatic imine (C=N–C) groups is 1. The number of hydrogen-bond acceptors (Lipinski definition) is 1. The minimum absolute atomic E-state index is 0.672. The smallest absolute Gasteiger partial charge is 0.0396 e. The number of allylic oxidation sites excluding steroid dienone is 2. The topological polar surface area (TPSA) is 12.4 Å². The molecule has 1 heteroatoms. The van der Waals surface area contributed by atoms with Crippen molar-refractivity contribution in [1.82, 2.24) is 0 Å². The fourth-order valence-electron chi connectivity index (χ4n) is 2.02. The maximum Gasteiger partial charge on any atom is 0.0396 e. The van der Waals surface area contributed by atoms with Gasteiger partial charge in [-0.25, -0.2) is 0 Å². The van der Waals surface area contributed by atoms with Crippen LogP contribution in [0.2, 0.25) is 0 Å². The van der Waals surface area contributed by atoms with E-state index in [0.717, 1.165) is 5.92 Å². The van der Waals surface area contributed by atoms with Crippen molar-refractivity contribution < 1.29 is 0 Å². The van der Waals surface area contributed by atoms with Crippen molar-refractivity contribution in [3.05, 3.63) is 11.3 Å². The van der Waals surface area contributed by atoms with Gasteiger partial charge in [-0.2, -0.15) is 0 Å². The molecule has 0 radical (unpaired) electrons. The Labute approximate surface area is 82.0 Å².